The summed E-state index contributed by atoms with van der Waals surface area (Å²) in [4.78, 5) is 40.6. The van der Waals surface area contributed by atoms with E-state index in [1.165, 1.54) is 34.9 Å². The molecule has 4 heterocycles. The predicted octanol–water partition coefficient (Wildman–Crippen LogP) is 5.11. The van der Waals surface area contributed by atoms with Crippen LogP contribution in [0.25, 0.3) is 11.1 Å². The van der Waals surface area contributed by atoms with Gasteiger partial charge in [0.15, 0.2) is 5.82 Å². The molecule has 0 saturated heterocycles. The Labute approximate surface area is 255 Å². The molecular weight excluding hydrogens is 563 g/mol. The van der Waals surface area contributed by atoms with Gasteiger partial charge in [-0.25, -0.2) is 4.39 Å². The van der Waals surface area contributed by atoms with Gasteiger partial charge in [-0.1, -0.05) is 13.8 Å². The Bertz CT molecular complexity index is 1880. The molecule has 1 aliphatic heterocycles. The Morgan fingerprint density at radius 1 is 1.11 bits per heavy atom. The molecule has 11 heteroatoms. The SMILES string of the molecule is CCn1nc(Nc2cc(-c3cc(F)cc(N4CCn5c(cc6c5CC(C)(C)C6)C4=O)c3COC(C)=O)cn(C)c2=O)cc1C. The molecular formula is C33H37FN6O4. The van der Waals surface area contributed by atoms with Crippen LogP contribution in [0.4, 0.5) is 21.6 Å². The van der Waals surface area contributed by atoms with Crippen LogP contribution in [-0.4, -0.2) is 37.3 Å². The highest BCUT2D eigenvalue weighted by atomic mass is 19.1. The number of anilines is 3. The van der Waals surface area contributed by atoms with Crippen LogP contribution < -0.4 is 15.8 Å². The van der Waals surface area contributed by atoms with Gasteiger partial charge in [0.2, 0.25) is 0 Å². The van der Waals surface area contributed by atoms with Crippen LogP contribution >= 0.6 is 0 Å². The van der Waals surface area contributed by atoms with Crippen LogP contribution in [0.15, 0.2) is 41.3 Å². The van der Waals surface area contributed by atoms with Crippen molar-refractivity contribution in [1.29, 1.82) is 0 Å². The summed E-state index contributed by atoms with van der Waals surface area (Å²) >= 11 is 0. The zero-order valence-electron chi connectivity index (χ0n) is 26.0. The summed E-state index contributed by atoms with van der Waals surface area (Å²) in [5.74, 6) is -0.779. The second-order valence-corrected chi connectivity index (χ2v) is 12.5. The van der Waals surface area contributed by atoms with Crippen molar-refractivity contribution in [2.45, 2.75) is 67.2 Å². The number of esters is 1. The first kappa shape index (κ1) is 29.4. The number of aryl methyl sites for hydroxylation is 3. The van der Waals surface area contributed by atoms with E-state index in [2.05, 4.69) is 28.8 Å². The number of nitrogens with zero attached hydrogens (tertiary/aromatic N) is 5. The maximum atomic E-state index is 15.5. The van der Waals surface area contributed by atoms with Gasteiger partial charge in [0.1, 0.15) is 23.8 Å². The fraction of sp³-hybridized carbons (Fsp3) is 0.394. The molecule has 2 aliphatic rings. The van der Waals surface area contributed by atoms with Crippen LogP contribution in [0.2, 0.25) is 0 Å². The zero-order valence-corrected chi connectivity index (χ0v) is 26.0. The molecule has 0 saturated carbocycles. The summed E-state index contributed by atoms with van der Waals surface area (Å²) in [6.07, 6.45) is 3.41. The Balaban J connectivity index is 1.44. The molecule has 1 N–H and O–H groups in total. The molecule has 6 rings (SSSR count). The van der Waals surface area contributed by atoms with Crippen LogP contribution in [0, 0.1) is 18.2 Å². The Hall–Kier alpha value is -4.67. The molecule has 0 unspecified atom stereocenters. The number of halogens is 1. The minimum atomic E-state index is -0.555. The maximum absolute atomic E-state index is 15.5. The molecule has 0 atom stereocenters. The molecule has 230 valence electrons. The average Bonchev–Trinajstić information content (AvgIpc) is 3.58. The number of ether oxygens (including phenoxy) is 1. The third-order valence-corrected chi connectivity index (χ3v) is 8.56. The van der Waals surface area contributed by atoms with Gasteiger partial charge in [0.25, 0.3) is 11.5 Å². The molecule has 0 spiro atoms. The first-order valence-electron chi connectivity index (χ1n) is 14.9. The van der Waals surface area contributed by atoms with E-state index in [1.54, 1.807) is 24.2 Å². The fourth-order valence-electron chi connectivity index (χ4n) is 6.56. The molecule has 1 aliphatic carbocycles. The predicted molar refractivity (Wildman–Crippen MR) is 166 cm³/mol. The van der Waals surface area contributed by atoms with Crippen LogP contribution in [-0.2, 0) is 49.1 Å². The normalized spacial score (nSPS) is 15.3. The lowest BCUT2D eigenvalue weighted by molar-refractivity contribution is -0.142. The van der Waals surface area contributed by atoms with Crippen molar-refractivity contribution in [1.82, 2.24) is 18.9 Å². The smallest absolute Gasteiger partial charge is 0.302 e. The number of fused-ring (bicyclic) bond motifs is 3. The minimum absolute atomic E-state index is 0.153. The zero-order chi connectivity index (χ0) is 31.5. The average molecular weight is 601 g/mol. The number of nitrogens with one attached hydrogen (secondary N) is 1. The number of hydrogen-bond acceptors (Lipinski definition) is 6. The van der Waals surface area contributed by atoms with Gasteiger partial charge in [-0.15, -0.1) is 0 Å². The van der Waals surface area contributed by atoms with E-state index < -0.39 is 11.8 Å². The minimum Gasteiger partial charge on any atom is -0.461 e. The number of aromatic nitrogens is 4. The Morgan fingerprint density at radius 2 is 1.89 bits per heavy atom. The van der Waals surface area contributed by atoms with Crippen molar-refractivity contribution >= 4 is 29.1 Å². The highest BCUT2D eigenvalue weighted by molar-refractivity contribution is 6.07. The first-order valence-corrected chi connectivity index (χ1v) is 14.9. The number of carbonyl (C=O) groups excluding carboxylic acids is 2. The second kappa shape index (κ2) is 10.8. The molecule has 1 amide bonds. The first-order chi connectivity index (χ1) is 20.8. The van der Waals surface area contributed by atoms with Gasteiger partial charge in [-0.2, -0.15) is 5.10 Å². The van der Waals surface area contributed by atoms with Gasteiger partial charge in [-0.3, -0.25) is 19.1 Å². The van der Waals surface area contributed by atoms with E-state index in [9.17, 15) is 14.4 Å². The lowest BCUT2D eigenvalue weighted by Crippen LogP contribution is -2.41. The highest BCUT2D eigenvalue weighted by Crippen LogP contribution is 2.41. The number of hydrogen-bond donors (Lipinski definition) is 1. The van der Waals surface area contributed by atoms with E-state index in [-0.39, 0.29) is 29.2 Å². The van der Waals surface area contributed by atoms with Crippen molar-refractivity contribution in [2.75, 3.05) is 16.8 Å². The van der Waals surface area contributed by atoms with E-state index >= 15 is 4.39 Å². The van der Waals surface area contributed by atoms with E-state index in [4.69, 9.17) is 4.74 Å². The quantitative estimate of drug-likeness (QED) is 0.296. The molecule has 0 radical (unpaired) electrons. The van der Waals surface area contributed by atoms with Crippen molar-refractivity contribution < 1.29 is 18.7 Å². The van der Waals surface area contributed by atoms with Crippen LogP contribution in [0.5, 0.6) is 0 Å². The summed E-state index contributed by atoms with van der Waals surface area (Å²) in [5, 5.41) is 7.61. The molecule has 3 aromatic heterocycles. The molecule has 10 nitrogen and oxygen atoms in total. The lowest BCUT2D eigenvalue weighted by atomic mass is 9.90. The fourth-order valence-corrected chi connectivity index (χ4v) is 6.56. The molecule has 44 heavy (non-hydrogen) atoms. The summed E-state index contributed by atoms with van der Waals surface area (Å²) in [6.45, 7) is 11.1. The Morgan fingerprint density at radius 3 is 2.59 bits per heavy atom. The summed E-state index contributed by atoms with van der Waals surface area (Å²) in [7, 11) is 1.61. The van der Waals surface area contributed by atoms with Crippen molar-refractivity contribution in [3.05, 3.63) is 80.9 Å². The summed E-state index contributed by atoms with van der Waals surface area (Å²) < 4.78 is 26.2. The number of pyridine rings is 1. The molecule has 4 aromatic rings. The van der Waals surface area contributed by atoms with Gasteiger partial charge in [0, 0.05) is 68.4 Å². The third kappa shape index (κ3) is 5.20. The van der Waals surface area contributed by atoms with Gasteiger partial charge >= 0.3 is 5.97 Å². The summed E-state index contributed by atoms with van der Waals surface area (Å²) in [5.41, 5.74) is 5.74. The topological polar surface area (TPSA) is 103 Å². The number of rotatable bonds is 7. The van der Waals surface area contributed by atoms with Gasteiger partial charge in [-0.05, 0) is 67.5 Å². The standard InChI is InChI=1S/C33H37FN6O4/c1-7-40-19(2)10-30(36-40)35-26-11-22(17-37(6)31(26)42)24-13-23(34)14-27(25(24)18-44-20(3)41)39-9-8-38-28(32(39)43)12-21-15-33(4,5)16-29(21)38/h10-14,17H,7-9,15-16,18H2,1-6H3,(H,35,36). The van der Waals surface area contributed by atoms with Crippen molar-refractivity contribution in [3.63, 3.8) is 0 Å². The second-order valence-electron chi connectivity index (χ2n) is 12.5. The van der Waals surface area contributed by atoms with E-state index in [0.29, 0.717) is 53.5 Å². The highest BCUT2D eigenvalue weighted by Gasteiger charge is 2.37. The van der Waals surface area contributed by atoms with Gasteiger partial charge < -0.3 is 24.1 Å². The van der Waals surface area contributed by atoms with Crippen molar-refractivity contribution in [2.24, 2.45) is 12.5 Å². The largest absolute Gasteiger partial charge is 0.461 e. The molecule has 0 fully saturated rings. The van der Waals surface area contributed by atoms with Crippen LogP contribution in [0.1, 0.15) is 60.7 Å². The maximum Gasteiger partial charge on any atom is 0.302 e. The van der Waals surface area contributed by atoms with Gasteiger partial charge in [0.05, 0.1) is 5.69 Å². The lowest BCUT2D eigenvalue weighted by Gasteiger charge is -2.32. The van der Waals surface area contributed by atoms with Crippen molar-refractivity contribution in [3.8, 4) is 11.1 Å². The third-order valence-electron chi connectivity index (χ3n) is 8.56. The summed E-state index contributed by atoms with van der Waals surface area (Å²) in [6, 6.07) is 8.11. The van der Waals surface area contributed by atoms with E-state index in [0.717, 1.165) is 18.5 Å². The van der Waals surface area contributed by atoms with E-state index in [1.807, 2.05) is 30.7 Å². The number of amides is 1. The molecule has 0 bridgehead atoms. The monoisotopic (exact) mass is 600 g/mol. The number of benzene rings is 1. The molecule has 1 aromatic carbocycles. The number of carbonyl (C=O) groups is 2. The Kier molecular flexibility index (Phi) is 7.22. The van der Waals surface area contributed by atoms with Crippen LogP contribution in [0.3, 0.4) is 0 Å².